The highest BCUT2D eigenvalue weighted by atomic mass is 35.5. The van der Waals surface area contributed by atoms with Crippen molar-refractivity contribution in [2.45, 2.75) is 124 Å². The molecule has 0 saturated carbocycles. The van der Waals surface area contributed by atoms with Crippen LogP contribution in [0.2, 0.25) is 10.0 Å². The molecule has 2 aromatic heterocycles. The van der Waals surface area contributed by atoms with Gasteiger partial charge in [-0.05, 0) is 25.5 Å². The first kappa shape index (κ1) is 39.1. The second-order valence-corrected chi connectivity index (χ2v) is 14.3. The lowest BCUT2D eigenvalue weighted by molar-refractivity contribution is -0.149. The van der Waals surface area contributed by atoms with Gasteiger partial charge in [-0.3, -0.25) is 14.9 Å². The van der Waals surface area contributed by atoms with E-state index in [4.69, 9.17) is 32.7 Å². The number of esters is 1. The van der Waals surface area contributed by atoms with Gasteiger partial charge in [0.2, 0.25) is 5.91 Å². The molecule has 1 unspecified atom stereocenters. The molecular weight excluding hydrogens is 655 g/mol. The van der Waals surface area contributed by atoms with Gasteiger partial charge in [0.15, 0.2) is 11.5 Å². The first-order valence-corrected chi connectivity index (χ1v) is 17.9. The van der Waals surface area contributed by atoms with Gasteiger partial charge >= 0.3 is 12.1 Å². The normalized spacial score (nSPS) is 12.2. The maximum Gasteiger partial charge on any atom is 0.411 e. The Balaban J connectivity index is 1.45. The summed E-state index contributed by atoms with van der Waals surface area (Å²) in [6.45, 7) is 11.4. The van der Waals surface area contributed by atoms with Crippen LogP contribution in [0.5, 0.6) is 0 Å². The summed E-state index contributed by atoms with van der Waals surface area (Å²) >= 11 is 13.2. The van der Waals surface area contributed by atoms with Gasteiger partial charge < -0.3 is 19.8 Å². The molecule has 0 radical (unpaired) electrons. The van der Waals surface area contributed by atoms with E-state index in [1.54, 1.807) is 6.92 Å². The van der Waals surface area contributed by atoms with Crippen molar-refractivity contribution in [1.82, 2.24) is 19.8 Å². The summed E-state index contributed by atoms with van der Waals surface area (Å²) in [7, 11) is 0. The number of carbonyl (C=O) groups is 3. The minimum Gasteiger partial charge on any atom is -0.465 e. The van der Waals surface area contributed by atoms with Gasteiger partial charge in [-0.2, -0.15) is 5.10 Å². The maximum atomic E-state index is 12.6. The molecule has 0 fully saturated rings. The predicted molar refractivity (Wildman–Crippen MR) is 192 cm³/mol. The Kier molecular flexibility index (Phi) is 15.5. The summed E-state index contributed by atoms with van der Waals surface area (Å²) in [6.07, 6.45) is 14.0. The number of fused-ring (bicyclic) bond motifs is 1. The van der Waals surface area contributed by atoms with Gasteiger partial charge in [0, 0.05) is 18.0 Å². The van der Waals surface area contributed by atoms with Crippen molar-refractivity contribution in [1.29, 1.82) is 0 Å². The average molecular weight is 708 g/mol. The van der Waals surface area contributed by atoms with Crippen LogP contribution in [0.3, 0.4) is 0 Å². The number of benzene rings is 1. The molecule has 2 heterocycles. The van der Waals surface area contributed by atoms with Crippen LogP contribution in [0.25, 0.3) is 17.0 Å². The molecule has 11 nitrogen and oxygen atoms in total. The van der Waals surface area contributed by atoms with Crippen molar-refractivity contribution >= 4 is 58.2 Å². The van der Waals surface area contributed by atoms with Crippen LogP contribution in [-0.4, -0.2) is 51.0 Å². The lowest BCUT2D eigenvalue weighted by atomic mass is 9.92. The topological polar surface area (TPSA) is 140 Å². The van der Waals surface area contributed by atoms with Crippen molar-refractivity contribution in [3.8, 4) is 11.4 Å². The number of ether oxygens (including phenoxy) is 2. The minimum atomic E-state index is -0.786. The molecule has 0 aliphatic rings. The molecular formula is C35H52Cl2N6O5. The largest absolute Gasteiger partial charge is 0.465 e. The number of amides is 2. The van der Waals surface area contributed by atoms with Gasteiger partial charge in [-0.15, -0.1) is 9.73 Å². The molecule has 1 aromatic carbocycles. The standard InChI is InChI=1S/C35H52Cl2N6O5/c1-7-8-9-10-11-12-13-14-15-16-17-18-19-47-33(45)23(2)22-48-34(46)39-25-20-26(36)28(27(21-25)38-24(3)44)31-40-32-29(37)30(35(4,5)6)41-43(32)42-31/h20-21,23H,7-19,22H2,1-6H3,(H,38,44)(H,39,46)(H,40,42). The lowest BCUT2D eigenvalue weighted by Crippen LogP contribution is -2.24. The smallest absolute Gasteiger partial charge is 0.411 e. The SMILES string of the molecule is CCCCCCCCCCCCCCOC(=O)C(C)COC(=O)Nc1cc(Cl)c(-c2nn3nc(C(C)(C)C)c(Cl)c3[nH]2)c(NC(C)=O)c1. The molecule has 0 spiro atoms. The van der Waals surface area contributed by atoms with E-state index in [-0.39, 0.29) is 28.6 Å². The Bertz CT molecular complexity index is 1510. The molecule has 48 heavy (non-hydrogen) atoms. The number of aromatic amines is 1. The van der Waals surface area contributed by atoms with E-state index in [1.165, 1.54) is 81.5 Å². The van der Waals surface area contributed by atoms with Crippen molar-refractivity contribution in [2.75, 3.05) is 23.8 Å². The number of anilines is 2. The maximum absolute atomic E-state index is 12.6. The summed E-state index contributed by atoms with van der Waals surface area (Å²) in [6, 6.07) is 3.03. The zero-order valence-corrected chi connectivity index (χ0v) is 30.8. The number of halogens is 2. The minimum absolute atomic E-state index is 0.156. The summed E-state index contributed by atoms with van der Waals surface area (Å²) in [5.41, 5.74) is 1.82. The molecule has 2 amide bonds. The van der Waals surface area contributed by atoms with Crippen molar-refractivity contribution in [3.05, 3.63) is 27.9 Å². The Morgan fingerprint density at radius 2 is 1.50 bits per heavy atom. The Morgan fingerprint density at radius 3 is 2.06 bits per heavy atom. The quantitative estimate of drug-likeness (QED) is 0.0833. The first-order valence-electron chi connectivity index (χ1n) is 17.2. The van der Waals surface area contributed by atoms with Gasteiger partial charge in [0.1, 0.15) is 11.6 Å². The van der Waals surface area contributed by atoms with E-state index in [2.05, 4.69) is 32.7 Å². The number of aromatic nitrogens is 4. The van der Waals surface area contributed by atoms with Gasteiger partial charge in [-0.1, -0.05) is 122 Å². The Labute approximate surface area is 294 Å². The molecule has 0 aliphatic carbocycles. The molecule has 3 aromatic rings. The summed E-state index contributed by atoms with van der Waals surface area (Å²) in [5, 5.41) is 15.0. The van der Waals surface area contributed by atoms with E-state index in [1.807, 2.05) is 20.8 Å². The van der Waals surface area contributed by atoms with E-state index in [0.717, 1.165) is 19.3 Å². The lowest BCUT2D eigenvalue weighted by Gasteiger charge is -2.15. The number of hydrogen-bond donors (Lipinski definition) is 3. The van der Waals surface area contributed by atoms with Crippen molar-refractivity contribution < 1.29 is 23.9 Å². The number of hydrogen-bond acceptors (Lipinski definition) is 7. The average Bonchev–Trinajstić information content (AvgIpc) is 3.56. The monoisotopic (exact) mass is 706 g/mol. The molecule has 3 N–H and O–H groups in total. The predicted octanol–water partition coefficient (Wildman–Crippen LogP) is 9.72. The molecule has 0 bridgehead atoms. The van der Waals surface area contributed by atoms with Crippen LogP contribution in [0.15, 0.2) is 12.1 Å². The van der Waals surface area contributed by atoms with Crippen LogP contribution in [0, 0.1) is 5.92 Å². The molecule has 1 atom stereocenters. The third-order valence-electron chi connectivity index (χ3n) is 7.95. The van der Waals surface area contributed by atoms with Crippen molar-refractivity contribution in [3.63, 3.8) is 0 Å². The summed E-state index contributed by atoms with van der Waals surface area (Å²) < 4.78 is 12.1. The van der Waals surface area contributed by atoms with Crippen molar-refractivity contribution in [2.24, 2.45) is 5.92 Å². The van der Waals surface area contributed by atoms with Gasteiger partial charge in [0.25, 0.3) is 0 Å². The zero-order valence-electron chi connectivity index (χ0n) is 29.3. The second kappa shape index (κ2) is 19.0. The van der Waals surface area contributed by atoms with E-state index < -0.39 is 18.0 Å². The number of nitrogens with zero attached hydrogens (tertiary/aromatic N) is 3. The molecule has 13 heteroatoms. The van der Waals surface area contributed by atoms with E-state index >= 15 is 0 Å². The molecule has 266 valence electrons. The number of carbonyl (C=O) groups excluding carboxylic acids is 3. The number of nitrogens with one attached hydrogen (secondary N) is 3. The zero-order chi connectivity index (χ0) is 35.3. The Hall–Kier alpha value is -3.31. The highest BCUT2D eigenvalue weighted by molar-refractivity contribution is 6.35. The second-order valence-electron chi connectivity index (χ2n) is 13.5. The first-order chi connectivity index (χ1) is 22.8. The highest BCUT2D eigenvalue weighted by Crippen LogP contribution is 2.38. The van der Waals surface area contributed by atoms with Crippen LogP contribution in [-0.2, 0) is 24.5 Å². The summed E-state index contributed by atoms with van der Waals surface area (Å²) in [5.74, 6) is -1.07. The third kappa shape index (κ3) is 12.0. The van der Waals surface area contributed by atoms with Crippen LogP contribution < -0.4 is 10.6 Å². The number of H-pyrrole nitrogens is 1. The molecule has 3 rings (SSSR count). The van der Waals surface area contributed by atoms with Gasteiger partial charge in [0.05, 0.1) is 34.5 Å². The van der Waals surface area contributed by atoms with Crippen LogP contribution in [0.1, 0.15) is 124 Å². The molecule has 0 aliphatic heterocycles. The fourth-order valence-corrected chi connectivity index (χ4v) is 6.03. The molecule has 0 saturated heterocycles. The third-order valence-corrected chi connectivity index (χ3v) is 8.60. The Morgan fingerprint density at radius 1 is 0.896 bits per heavy atom. The highest BCUT2D eigenvalue weighted by Gasteiger charge is 2.26. The fourth-order valence-electron chi connectivity index (χ4n) is 5.28. The fraction of sp³-hybridized carbons (Fsp3) is 0.629. The van der Waals surface area contributed by atoms with Gasteiger partial charge in [-0.25, -0.2) is 4.79 Å². The van der Waals surface area contributed by atoms with E-state index in [9.17, 15) is 14.4 Å². The van der Waals surface area contributed by atoms with Crippen LogP contribution in [0.4, 0.5) is 16.2 Å². The number of unbranched alkanes of at least 4 members (excludes halogenated alkanes) is 11. The van der Waals surface area contributed by atoms with Crippen LogP contribution >= 0.6 is 23.2 Å². The van der Waals surface area contributed by atoms with E-state index in [0.29, 0.717) is 40.0 Å². The summed E-state index contributed by atoms with van der Waals surface area (Å²) in [4.78, 5) is 40.2. The number of rotatable bonds is 19.